The topological polar surface area (TPSA) is 32.8 Å². The zero-order chi connectivity index (χ0) is 19.4. The van der Waals surface area contributed by atoms with E-state index < -0.39 is 11.7 Å². The summed E-state index contributed by atoms with van der Waals surface area (Å²) in [6.45, 7) is 4.66. The molecule has 0 aliphatic carbocycles. The van der Waals surface area contributed by atoms with Crippen molar-refractivity contribution in [2.75, 3.05) is 39.4 Å². The molecule has 2 aliphatic rings. The van der Waals surface area contributed by atoms with Crippen molar-refractivity contribution in [3.05, 3.63) is 40.3 Å². The van der Waals surface area contributed by atoms with Crippen molar-refractivity contribution < 1.29 is 22.7 Å². The Labute approximate surface area is 165 Å². The number of carbonyl (C=O) groups is 1. The fraction of sp³-hybridized carbons (Fsp3) is 0.444. The largest absolute Gasteiger partial charge is 0.416 e. The second-order valence-corrected chi connectivity index (χ2v) is 7.94. The number of morpholine rings is 1. The van der Waals surface area contributed by atoms with Crippen LogP contribution in [-0.2, 0) is 15.7 Å². The number of alkyl halides is 3. The molecule has 0 atom stereocenters. The van der Waals surface area contributed by atoms with Crippen molar-refractivity contribution in [1.82, 2.24) is 9.80 Å². The van der Waals surface area contributed by atoms with E-state index in [4.69, 9.17) is 17.0 Å². The van der Waals surface area contributed by atoms with E-state index in [2.05, 4.69) is 4.90 Å². The van der Waals surface area contributed by atoms with E-state index in [1.807, 2.05) is 0 Å². The minimum Gasteiger partial charge on any atom is -0.379 e. The predicted octanol–water partition coefficient (Wildman–Crippen LogP) is 3.63. The normalized spacial score (nSPS) is 20.7. The summed E-state index contributed by atoms with van der Waals surface area (Å²) in [5.74, 6) is -0.188. The standard InChI is InChI=1S/C18H19F3N2O2S2/c19-18(20,21)14-4-2-13(3-5-14)12-15-16(24)23(17(26)27-15)7-1-6-22-8-10-25-11-9-22/h2-5,12H,1,6-11H2. The van der Waals surface area contributed by atoms with Crippen LogP contribution < -0.4 is 0 Å². The van der Waals surface area contributed by atoms with Crippen LogP contribution in [0.5, 0.6) is 0 Å². The average Bonchev–Trinajstić information content (AvgIpc) is 2.90. The summed E-state index contributed by atoms with van der Waals surface area (Å²) >= 11 is 6.48. The second-order valence-electron chi connectivity index (χ2n) is 6.26. The number of rotatable bonds is 5. The van der Waals surface area contributed by atoms with Crippen LogP contribution in [0.15, 0.2) is 29.2 Å². The Kier molecular flexibility index (Phi) is 6.56. The number of hydrogen-bond donors (Lipinski definition) is 0. The summed E-state index contributed by atoms with van der Waals surface area (Å²) in [6, 6.07) is 4.73. The summed E-state index contributed by atoms with van der Waals surface area (Å²) < 4.78 is 43.7. The number of carbonyl (C=O) groups excluding carboxylic acids is 1. The van der Waals surface area contributed by atoms with Gasteiger partial charge in [0.1, 0.15) is 4.32 Å². The minimum atomic E-state index is -4.37. The van der Waals surface area contributed by atoms with Gasteiger partial charge in [-0.1, -0.05) is 36.1 Å². The maximum absolute atomic E-state index is 12.6. The fourth-order valence-corrected chi connectivity index (χ4v) is 4.20. The van der Waals surface area contributed by atoms with E-state index in [-0.39, 0.29) is 5.91 Å². The van der Waals surface area contributed by atoms with Crippen molar-refractivity contribution >= 4 is 40.3 Å². The quantitative estimate of drug-likeness (QED) is 0.541. The Morgan fingerprint density at radius 3 is 2.44 bits per heavy atom. The lowest BCUT2D eigenvalue weighted by Crippen LogP contribution is -2.38. The molecule has 2 fully saturated rings. The van der Waals surface area contributed by atoms with E-state index in [1.165, 1.54) is 23.9 Å². The molecule has 0 unspecified atom stereocenters. The maximum atomic E-state index is 12.6. The van der Waals surface area contributed by atoms with Crippen molar-refractivity contribution in [3.8, 4) is 0 Å². The molecule has 9 heteroatoms. The van der Waals surface area contributed by atoms with E-state index in [1.54, 1.807) is 11.0 Å². The van der Waals surface area contributed by atoms with Crippen LogP contribution in [0.3, 0.4) is 0 Å². The molecule has 3 rings (SSSR count). The molecule has 2 heterocycles. The molecule has 0 N–H and O–H groups in total. The molecule has 0 radical (unpaired) electrons. The van der Waals surface area contributed by atoms with Gasteiger partial charge in [-0.15, -0.1) is 0 Å². The molecule has 0 bridgehead atoms. The third-order valence-corrected chi connectivity index (χ3v) is 5.75. The lowest BCUT2D eigenvalue weighted by Gasteiger charge is -2.27. The van der Waals surface area contributed by atoms with Crippen LogP contribution in [0.1, 0.15) is 17.5 Å². The number of benzene rings is 1. The lowest BCUT2D eigenvalue weighted by molar-refractivity contribution is -0.137. The van der Waals surface area contributed by atoms with Gasteiger partial charge in [0, 0.05) is 26.2 Å². The highest BCUT2D eigenvalue weighted by molar-refractivity contribution is 8.26. The molecule has 1 amide bonds. The van der Waals surface area contributed by atoms with Gasteiger partial charge in [-0.05, 0) is 30.2 Å². The van der Waals surface area contributed by atoms with Crippen molar-refractivity contribution in [3.63, 3.8) is 0 Å². The fourth-order valence-electron chi connectivity index (χ4n) is 2.89. The number of thiocarbonyl (C=S) groups is 1. The highest BCUT2D eigenvalue weighted by Gasteiger charge is 2.32. The summed E-state index contributed by atoms with van der Waals surface area (Å²) in [4.78, 5) is 16.9. The molecule has 2 aliphatic heterocycles. The van der Waals surface area contributed by atoms with Crippen LogP contribution in [0.25, 0.3) is 6.08 Å². The second kappa shape index (κ2) is 8.72. The zero-order valence-corrected chi connectivity index (χ0v) is 16.1. The van der Waals surface area contributed by atoms with E-state index in [0.29, 0.717) is 21.3 Å². The molecule has 4 nitrogen and oxygen atoms in total. The first-order valence-corrected chi connectivity index (χ1v) is 9.80. The van der Waals surface area contributed by atoms with Gasteiger partial charge < -0.3 is 4.74 Å². The predicted molar refractivity (Wildman–Crippen MR) is 103 cm³/mol. The maximum Gasteiger partial charge on any atom is 0.416 e. The average molecular weight is 416 g/mol. The molecule has 0 spiro atoms. The van der Waals surface area contributed by atoms with Crippen molar-refractivity contribution in [2.45, 2.75) is 12.6 Å². The molecule has 146 valence electrons. The number of thioether (sulfide) groups is 1. The molecule has 1 aromatic carbocycles. The molecular weight excluding hydrogens is 397 g/mol. The Bertz CT molecular complexity index is 729. The van der Waals surface area contributed by atoms with Crippen LogP contribution in [-0.4, -0.2) is 59.4 Å². The minimum absolute atomic E-state index is 0.188. The number of hydrogen-bond acceptors (Lipinski definition) is 5. The van der Waals surface area contributed by atoms with Gasteiger partial charge in [0.15, 0.2) is 0 Å². The molecule has 2 saturated heterocycles. The smallest absolute Gasteiger partial charge is 0.379 e. The van der Waals surface area contributed by atoms with E-state index >= 15 is 0 Å². The Morgan fingerprint density at radius 1 is 1.15 bits per heavy atom. The first-order chi connectivity index (χ1) is 12.8. The Hall–Kier alpha value is -1.42. The number of amides is 1. The molecule has 0 saturated carbocycles. The lowest BCUT2D eigenvalue weighted by atomic mass is 10.1. The molecule has 1 aromatic rings. The summed E-state index contributed by atoms with van der Waals surface area (Å²) in [5, 5.41) is 0. The summed E-state index contributed by atoms with van der Waals surface area (Å²) in [6.07, 6.45) is -1.98. The van der Waals surface area contributed by atoms with Gasteiger partial charge in [-0.3, -0.25) is 14.6 Å². The zero-order valence-electron chi connectivity index (χ0n) is 14.5. The van der Waals surface area contributed by atoms with E-state index in [0.717, 1.165) is 51.4 Å². The van der Waals surface area contributed by atoms with Gasteiger partial charge in [-0.25, -0.2) is 0 Å². The van der Waals surface area contributed by atoms with Gasteiger partial charge in [-0.2, -0.15) is 13.2 Å². The van der Waals surface area contributed by atoms with Gasteiger partial charge >= 0.3 is 6.18 Å². The monoisotopic (exact) mass is 416 g/mol. The van der Waals surface area contributed by atoms with Crippen LogP contribution in [0, 0.1) is 0 Å². The highest BCUT2D eigenvalue weighted by Crippen LogP contribution is 2.33. The van der Waals surface area contributed by atoms with Crippen molar-refractivity contribution in [1.29, 1.82) is 0 Å². The molecule has 0 aromatic heterocycles. The van der Waals surface area contributed by atoms with Crippen LogP contribution in [0.4, 0.5) is 13.2 Å². The number of ether oxygens (including phenoxy) is 1. The molecule has 27 heavy (non-hydrogen) atoms. The van der Waals surface area contributed by atoms with Crippen LogP contribution >= 0.6 is 24.0 Å². The van der Waals surface area contributed by atoms with E-state index in [9.17, 15) is 18.0 Å². The van der Waals surface area contributed by atoms with Crippen LogP contribution in [0.2, 0.25) is 0 Å². The van der Waals surface area contributed by atoms with Gasteiger partial charge in [0.25, 0.3) is 5.91 Å². The SMILES string of the molecule is O=C1C(=Cc2ccc(C(F)(F)F)cc2)SC(=S)N1CCCN1CCOCC1. The van der Waals surface area contributed by atoms with Gasteiger partial charge in [0.05, 0.1) is 23.7 Å². The Morgan fingerprint density at radius 2 is 1.81 bits per heavy atom. The number of halogens is 3. The third-order valence-electron chi connectivity index (χ3n) is 4.37. The first kappa shape index (κ1) is 20.3. The van der Waals surface area contributed by atoms with Crippen molar-refractivity contribution in [2.24, 2.45) is 0 Å². The Balaban J connectivity index is 1.58. The first-order valence-electron chi connectivity index (χ1n) is 8.57. The highest BCUT2D eigenvalue weighted by atomic mass is 32.2. The molecular formula is C18H19F3N2O2S2. The third kappa shape index (κ3) is 5.31. The number of nitrogens with zero attached hydrogens (tertiary/aromatic N) is 2. The van der Waals surface area contributed by atoms with Gasteiger partial charge in [0.2, 0.25) is 0 Å². The summed E-state index contributed by atoms with van der Waals surface area (Å²) in [7, 11) is 0. The summed E-state index contributed by atoms with van der Waals surface area (Å²) in [5.41, 5.74) is -0.174.